The molecular formula is C2H3KN3. The van der Waals surface area contributed by atoms with Gasteiger partial charge in [-0.25, -0.2) is 4.98 Å². The summed E-state index contributed by atoms with van der Waals surface area (Å²) >= 11 is 0. The molecule has 1 aromatic heterocycles. The normalized spacial score (nSPS) is 6.67. The van der Waals surface area contributed by atoms with Crippen LogP contribution in [0.15, 0.2) is 12.7 Å². The molecule has 0 aliphatic rings. The van der Waals surface area contributed by atoms with Crippen LogP contribution in [0, 0.1) is 0 Å². The predicted octanol–water partition coefficient (Wildman–Crippen LogP) is -0.576. The van der Waals surface area contributed by atoms with E-state index in [0.717, 1.165) is 0 Å². The second-order valence-electron chi connectivity index (χ2n) is 0.652. The van der Waals surface area contributed by atoms with Crippen molar-refractivity contribution in [2.45, 2.75) is 0 Å². The molecule has 1 rings (SSSR count). The molecule has 1 aromatic rings. The maximum atomic E-state index is 3.56. The summed E-state index contributed by atoms with van der Waals surface area (Å²) in [5.74, 6) is 0. The van der Waals surface area contributed by atoms with Crippen LogP contribution in [0.1, 0.15) is 0 Å². The van der Waals surface area contributed by atoms with Crippen LogP contribution in [0.25, 0.3) is 0 Å². The van der Waals surface area contributed by atoms with E-state index in [4.69, 9.17) is 0 Å². The van der Waals surface area contributed by atoms with E-state index in [9.17, 15) is 0 Å². The van der Waals surface area contributed by atoms with Crippen LogP contribution >= 0.6 is 0 Å². The standard InChI is InChI=1S/C2H3N3.K/c1-3-2-5-4-1;/h1-2H,(H,3,4,5);. The third kappa shape index (κ3) is 2.04. The van der Waals surface area contributed by atoms with Crippen molar-refractivity contribution < 1.29 is 0 Å². The topological polar surface area (TPSA) is 41.6 Å². The number of nitrogens with one attached hydrogen (secondary N) is 1. The minimum Gasteiger partial charge on any atom is -0.266 e. The zero-order valence-electron chi connectivity index (χ0n) is 3.55. The van der Waals surface area contributed by atoms with E-state index >= 15 is 0 Å². The summed E-state index contributed by atoms with van der Waals surface area (Å²) in [5.41, 5.74) is 0. The molecule has 0 spiro atoms. The Morgan fingerprint density at radius 2 is 2.33 bits per heavy atom. The van der Waals surface area contributed by atoms with Crippen LogP contribution in [-0.4, -0.2) is 66.6 Å². The molecule has 0 saturated carbocycles. The fraction of sp³-hybridized carbons (Fsp3) is 0. The van der Waals surface area contributed by atoms with Crippen LogP contribution in [0.2, 0.25) is 0 Å². The Balaban J connectivity index is 0.000000250. The Labute approximate surface area is 78.0 Å². The molecule has 0 saturated heterocycles. The molecule has 4 heteroatoms. The van der Waals surface area contributed by atoms with Gasteiger partial charge < -0.3 is 0 Å². The third-order valence-electron chi connectivity index (χ3n) is 0.331. The van der Waals surface area contributed by atoms with Crippen molar-refractivity contribution in [2.75, 3.05) is 0 Å². The molecule has 1 radical (unpaired) electrons. The minimum absolute atomic E-state index is 0. The summed E-state index contributed by atoms with van der Waals surface area (Å²) in [4.78, 5) is 3.56. The van der Waals surface area contributed by atoms with Gasteiger partial charge in [0.25, 0.3) is 0 Å². The summed E-state index contributed by atoms with van der Waals surface area (Å²) in [7, 11) is 0. The largest absolute Gasteiger partial charge is 0.266 e. The molecule has 0 aromatic carbocycles. The summed E-state index contributed by atoms with van der Waals surface area (Å²) < 4.78 is 0. The number of aromatic amines is 1. The Bertz CT molecular complexity index is 65.3. The molecule has 0 fully saturated rings. The van der Waals surface area contributed by atoms with Gasteiger partial charge in [-0.2, -0.15) is 5.10 Å². The Morgan fingerprint density at radius 1 is 1.50 bits per heavy atom. The van der Waals surface area contributed by atoms with Crippen molar-refractivity contribution in [2.24, 2.45) is 0 Å². The van der Waals surface area contributed by atoms with E-state index in [1.54, 1.807) is 0 Å². The molecule has 1 N–H and O–H groups in total. The number of nitrogens with zero attached hydrogens (tertiary/aromatic N) is 2. The second-order valence-corrected chi connectivity index (χ2v) is 0.652. The molecule has 27 valence electrons. The third-order valence-corrected chi connectivity index (χ3v) is 0.331. The fourth-order valence-electron chi connectivity index (χ4n) is 0.167. The maximum Gasteiger partial charge on any atom is 0.137 e. The zero-order chi connectivity index (χ0) is 3.54. The van der Waals surface area contributed by atoms with Crippen molar-refractivity contribution in [3.8, 4) is 0 Å². The monoisotopic (exact) mass is 108 g/mol. The molecule has 6 heavy (non-hydrogen) atoms. The van der Waals surface area contributed by atoms with Crippen molar-refractivity contribution in [3.63, 3.8) is 0 Å². The summed E-state index contributed by atoms with van der Waals surface area (Å²) in [6.07, 6.45) is 2.96. The van der Waals surface area contributed by atoms with Gasteiger partial charge in [0.05, 0.1) is 0 Å². The van der Waals surface area contributed by atoms with Gasteiger partial charge in [0.2, 0.25) is 0 Å². The van der Waals surface area contributed by atoms with Crippen LogP contribution in [0.5, 0.6) is 0 Å². The number of hydrogen-bond acceptors (Lipinski definition) is 2. The molecular weight excluding hydrogens is 105 g/mol. The first-order valence-corrected chi connectivity index (χ1v) is 1.29. The number of aromatic nitrogens is 3. The molecule has 0 bridgehead atoms. The van der Waals surface area contributed by atoms with Gasteiger partial charge in [0.1, 0.15) is 12.7 Å². The van der Waals surface area contributed by atoms with Gasteiger partial charge in [-0.05, 0) is 0 Å². The second kappa shape index (κ2) is 3.95. The summed E-state index contributed by atoms with van der Waals surface area (Å²) in [6.45, 7) is 0. The molecule has 0 aliphatic heterocycles. The maximum absolute atomic E-state index is 3.56. The van der Waals surface area contributed by atoms with E-state index in [2.05, 4.69) is 15.2 Å². The first-order chi connectivity index (χ1) is 2.50. The van der Waals surface area contributed by atoms with Crippen molar-refractivity contribution in [3.05, 3.63) is 12.7 Å². The van der Waals surface area contributed by atoms with Gasteiger partial charge >= 0.3 is 0 Å². The van der Waals surface area contributed by atoms with Crippen molar-refractivity contribution >= 4 is 51.4 Å². The van der Waals surface area contributed by atoms with Gasteiger partial charge in [-0.3, -0.25) is 5.10 Å². The quantitative estimate of drug-likeness (QED) is 0.452. The van der Waals surface area contributed by atoms with Crippen LogP contribution in [0.4, 0.5) is 0 Å². The summed E-state index contributed by atoms with van der Waals surface area (Å²) in [5, 5.41) is 5.99. The SMILES string of the molecule is [K].c1nc[nH]n1. The zero-order valence-corrected chi connectivity index (χ0v) is 6.67. The van der Waals surface area contributed by atoms with Crippen molar-refractivity contribution in [1.29, 1.82) is 0 Å². The van der Waals surface area contributed by atoms with Crippen LogP contribution in [-0.2, 0) is 0 Å². The van der Waals surface area contributed by atoms with Crippen molar-refractivity contribution in [1.82, 2.24) is 15.2 Å². The number of hydrogen-bond donors (Lipinski definition) is 1. The average Bonchev–Trinajstić information content (AvgIpc) is 1.76. The van der Waals surface area contributed by atoms with E-state index in [0.29, 0.717) is 0 Å². The molecule has 0 amide bonds. The average molecular weight is 108 g/mol. The molecule has 0 atom stereocenters. The van der Waals surface area contributed by atoms with Crippen LogP contribution in [0.3, 0.4) is 0 Å². The van der Waals surface area contributed by atoms with E-state index in [1.165, 1.54) is 12.7 Å². The number of H-pyrrole nitrogens is 1. The molecule has 0 unspecified atom stereocenters. The number of rotatable bonds is 0. The van der Waals surface area contributed by atoms with Gasteiger partial charge in [-0.15, -0.1) is 0 Å². The van der Waals surface area contributed by atoms with E-state index < -0.39 is 0 Å². The van der Waals surface area contributed by atoms with E-state index in [-0.39, 0.29) is 51.4 Å². The summed E-state index contributed by atoms with van der Waals surface area (Å²) in [6, 6.07) is 0. The Morgan fingerprint density at radius 3 is 2.50 bits per heavy atom. The predicted molar refractivity (Wildman–Crippen MR) is 22.1 cm³/mol. The van der Waals surface area contributed by atoms with E-state index in [1.807, 2.05) is 0 Å². The van der Waals surface area contributed by atoms with Gasteiger partial charge in [0, 0.05) is 51.4 Å². The van der Waals surface area contributed by atoms with Gasteiger partial charge in [0.15, 0.2) is 0 Å². The first-order valence-electron chi connectivity index (χ1n) is 1.29. The molecule has 3 nitrogen and oxygen atoms in total. The smallest absolute Gasteiger partial charge is 0.137 e. The van der Waals surface area contributed by atoms with Gasteiger partial charge in [-0.1, -0.05) is 0 Å². The Kier molecular flexibility index (Phi) is 4.46. The van der Waals surface area contributed by atoms with Crippen LogP contribution < -0.4 is 0 Å². The fourth-order valence-corrected chi connectivity index (χ4v) is 0.167. The molecule has 1 heterocycles. The molecule has 0 aliphatic carbocycles. The Hall–Kier alpha value is 0.776. The minimum atomic E-state index is 0. The first kappa shape index (κ1) is 6.78.